The minimum absolute atomic E-state index is 0.818. The molecule has 0 fully saturated rings. The maximum absolute atomic E-state index is 16.3. The Kier molecular flexibility index (Phi) is 7.14. The van der Waals surface area contributed by atoms with Crippen LogP contribution in [-0.2, 0) is 4.57 Å². The molecule has 9 aromatic carbocycles. The molecule has 0 bridgehead atoms. The van der Waals surface area contributed by atoms with Gasteiger partial charge in [0.2, 0.25) is 0 Å². The highest BCUT2D eigenvalue weighted by molar-refractivity contribution is 7.86. The topological polar surface area (TPSA) is 34.9 Å². The second-order valence-corrected chi connectivity index (χ2v) is 16.9. The molecule has 0 N–H and O–H groups in total. The number of rotatable bonds is 5. The minimum atomic E-state index is -3.36. The average molecular weight is 721 g/mol. The molecule has 0 aliphatic carbocycles. The van der Waals surface area contributed by atoms with Crippen LogP contribution in [0, 0.1) is 0 Å². The fourth-order valence-electron chi connectivity index (χ4n) is 8.75. The van der Waals surface area contributed by atoms with E-state index >= 15 is 4.57 Å². The fourth-order valence-corrected chi connectivity index (χ4v) is 11.8. The van der Waals surface area contributed by atoms with Gasteiger partial charge in [-0.05, 0) is 79.2 Å². The summed E-state index contributed by atoms with van der Waals surface area (Å²) >= 11 is 0. The van der Waals surface area contributed by atoms with E-state index in [1.165, 1.54) is 33.0 Å². The van der Waals surface area contributed by atoms with Gasteiger partial charge in [-0.3, -0.25) is 4.57 Å². The van der Waals surface area contributed by atoms with Gasteiger partial charge >= 0.3 is 0 Å². The van der Waals surface area contributed by atoms with Crippen molar-refractivity contribution in [1.29, 1.82) is 0 Å². The second kappa shape index (κ2) is 12.4. The highest BCUT2D eigenvalue weighted by Crippen LogP contribution is 2.52. The van der Waals surface area contributed by atoms with Crippen molar-refractivity contribution >= 4 is 55.6 Å². The molecule has 0 radical (unpaired) electrons. The van der Waals surface area contributed by atoms with Crippen LogP contribution in [0.1, 0.15) is 0 Å². The van der Waals surface area contributed by atoms with Crippen molar-refractivity contribution in [3.05, 3.63) is 200 Å². The van der Waals surface area contributed by atoms with Crippen LogP contribution in [0.5, 0.6) is 0 Å². The third kappa shape index (κ3) is 4.77. The minimum Gasteiger partial charge on any atom is -0.308 e. The molecule has 55 heavy (non-hydrogen) atoms. The van der Waals surface area contributed by atoms with Gasteiger partial charge in [0.1, 0.15) is 5.82 Å². The molecule has 10 aromatic rings. The average Bonchev–Trinajstić information content (AvgIpc) is 3.66. The van der Waals surface area contributed by atoms with Crippen molar-refractivity contribution in [2.45, 2.75) is 0 Å². The van der Waals surface area contributed by atoms with Crippen LogP contribution in [0.2, 0.25) is 0 Å². The second-order valence-electron chi connectivity index (χ2n) is 14.2. The predicted octanol–water partition coefficient (Wildman–Crippen LogP) is 12.0. The number of nitrogens with zero attached hydrogens (tertiary/aromatic N) is 2. The van der Waals surface area contributed by atoms with Gasteiger partial charge in [-0.2, -0.15) is 0 Å². The number of imidazole rings is 1. The largest absolute Gasteiger partial charge is 0.308 e. The standard InChI is InChI=1S/C51H33N2OP/c54-55(39-19-8-3-9-20-39)46-26-14-25-44-50(46)53(51(52-44)37-17-6-2-7-18-37)45-32-31-38(33-47(45)55)49-42-23-12-10-21-40(42)48(41-22-11-13-24-43(41)49)36-29-27-35(28-30-36)34-15-4-1-5-16-34/h1-33H. The van der Waals surface area contributed by atoms with Gasteiger partial charge in [0.05, 0.1) is 16.7 Å². The molecule has 0 amide bonds. The summed E-state index contributed by atoms with van der Waals surface area (Å²) in [4.78, 5) is 5.18. The SMILES string of the molecule is O=P1(c2ccccc2)c2cc(-c3c4ccccc4c(-c4ccc(-c5ccccc5)cc4)c4ccccc34)ccc2-n2c(-c3ccccc3)nc3cccc1c32. The van der Waals surface area contributed by atoms with Gasteiger partial charge in [-0.15, -0.1) is 0 Å². The van der Waals surface area contributed by atoms with Gasteiger partial charge in [-0.1, -0.05) is 176 Å². The molecule has 0 saturated carbocycles. The van der Waals surface area contributed by atoms with Crippen molar-refractivity contribution in [2.24, 2.45) is 0 Å². The zero-order valence-electron chi connectivity index (χ0n) is 29.8. The zero-order chi connectivity index (χ0) is 36.5. The molecule has 0 spiro atoms. The van der Waals surface area contributed by atoms with Crippen LogP contribution < -0.4 is 15.9 Å². The molecule has 2 heterocycles. The highest BCUT2D eigenvalue weighted by atomic mass is 31.2. The molecule has 258 valence electrons. The van der Waals surface area contributed by atoms with Gasteiger partial charge in [0.25, 0.3) is 0 Å². The first-order chi connectivity index (χ1) is 27.2. The molecule has 3 nitrogen and oxygen atoms in total. The van der Waals surface area contributed by atoms with E-state index in [4.69, 9.17) is 4.98 Å². The Hall–Kier alpha value is -6.80. The molecular formula is C51H33N2OP. The van der Waals surface area contributed by atoms with Gasteiger partial charge in [0, 0.05) is 21.5 Å². The normalized spacial score (nSPS) is 14.7. The zero-order valence-corrected chi connectivity index (χ0v) is 30.7. The molecule has 0 saturated heterocycles. The van der Waals surface area contributed by atoms with E-state index in [0.29, 0.717) is 0 Å². The summed E-state index contributed by atoms with van der Waals surface area (Å²) in [6.45, 7) is 0. The van der Waals surface area contributed by atoms with Crippen molar-refractivity contribution in [3.63, 3.8) is 0 Å². The smallest absolute Gasteiger partial charge is 0.175 e. The van der Waals surface area contributed by atoms with E-state index in [2.05, 4.69) is 138 Å². The first-order valence-electron chi connectivity index (χ1n) is 18.7. The first-order valence-corrected chi connectivity index (χ1v) is 20.4. The molecule has 1 aromatic heterocycles. The lowest BCUT2D eigenvalue weighted by atomic mass is 9.85. The van der Waals surface area contributed by atoms with E-state index in [-0.39, 0.29) is 0 Å². The Morgan fingerprint density at radius 3 is 1.51 bits per heavy atom. The maximum atomic E-state index is 16.3. The molecule has 4 heteroatoms. The van der Waals surface area contributed by atoms with Crippen molar-refractivity contribution in [1.82, 2.24) is 9.55 Å². The lowest BCUT2D eigenvalue weighted by molar-refractivity contribution is 0.592. The van der Waals surface area contributed by atoms with E-state index < -0.39 is 7.14 Å². The number of para-hydroxylation sites is 1. The molecule has 1 unspecified atom stereocenters. The monoisotopic (exact) mass is 720 g/mol. The molecule has 1 aliphatic rings. The number of benzene rings is 9. The van der Waals surface area contributed by atoms with Gasteiger partial charge < -0.3 is 4.57 Å². The van der Waals surface area contributed by atoms with Crippen LogP contribution in [0.3, 0.4) is 0 Å². The lowest BCUT2D eigenvalue weighted by Gasteiger charge is -2.30. The molecule has 1 aliphatic heterocycles. The van der Waals surface area contributed by atoms with Crippen LogP contribution in [0.25, 0.3) is 83.0 Å². The first kappa shape index (κ1) is 31.7. The summed E-state index contributed by atoms with van der Waals surface area (Å²) < 4.78 is 18.5. The third-order valence-electron chi connectivity index (χ3n) is 11.2. The van der Waals surface area contributed by atoms with Crippen molar-refractivity contribution < 1.29 is 4.57 Å². The van der Waals surface area contributed by atoms with E-state index in [1.54, 1.807) is 0 Å². The summed E-state index contributed by atoms with van der Waals surface area (Å²) in [5.74, 6) is 0.842. The van der Waals surface area contributed by atoms with Crippen molar-refractivity contribution in [2.75, 3.05) is 0 Å². The Morgan fingerprint density at radius 1 is 0.400 bits per heavy atom. The highest BCUT2D eigenvalue weighted by Gasteiger charge is 2.40. The van der Waals surface area contributed by atoms with E-state index in [0.717, 1.165) is 65.9 Å². The Bertz CT molecular complexity index is 3090. The maximum Gasteiger partial charge on any atom is 0.175 e. The fraction of sp³-hybridized carbons (Fsp3) is 0. The molecular weight excluding hydrogens is 688 g/mol. The summed E-state index contributed by atoms with van der Waals surface area (Å²) in [6.07, 6.45) is 0. The Labute approximate surface area is 319 Å². The van der Waals surface area contributed by atoms with Crippen LogP contribution in [0.15, 0.2) is 200 Å². The molecule has 11 rings (SSSR count). The van der Waals surface area contributed by atoms with E-state index in [9.17, 15) is 0 Å². The van der Waals surface area contributed by atoms with Gasteiger partial charge in [-0.25, -0.2) is 4.98 Å². The summed E-state index contributed by atoms with van der Waals surface area (Å²) in [7, 11) is -3.36. The Balaban J connectivity index is 1.19. The van der Waals surface area contributed by atoms with Gasteiger partial charge in [0.15, 0.2) is 7.14 Å². The lowest BCUT2D eigenvalue weighted by Crippen LogP contribution is -2.33. The van der Waals surface area contributed by atoms with Crippen LogP contribution in [0.4, 0.5) is 0 Å². The number of aromatic nitrogens is 2. The molecule has 1 atom stereocenters. The third-order valence-corrected chi connectivity index (χ3v) is 14.3. The predicted molar refractivity (Wildman–Crippen MR) is 231 cm³/mol. The van der Waals surface area contributed by atoms with Crippen LogP contribution in [-0.4, -0.2) is 9.55 Å². The summed E-state index contributed by atoms with van der Waals surface area (Å²) in [5.41, 5.74) is 10.6. The quantitative estimate of drug-likeness (QED) is 0.131. The number of hydrogen-bond acceptors (Lipinski definition) is 2. The summed E-state index contributed by atoms with van der Waals surface area (Å²) in [5, 5.41) is 7.13. The Morgan fingerprint density at radius 2 is 0.891 bits per heavy atom. The number of hydrogen-bond donors (Lipinski definition) is 0. The van der Waals surface area contributed by atoms with E-state index in [1.807, 2.05) is 66.7 Å². The van der Waals surface area contributed by atoms with Crippen molar-refractivity contribution in [3.8, 4) is 50.5 Å². The summed E-state index contributed by atoms with van der Waals surface area (Å²) in [6, 6.07) is 69.9. The van der Waals surface area contributed by atoms with Crippen LogP contribution >= 0.6 is 7.14 Å². The number of fused-ring (bicyclic) bond motifs is 4.